The first-order valence-corrected chi connectivity index (χ1v) is 19.4. The van der Waals surface area contributed by atoms with Crippen LogP contribution in [0.2, 0.25) is 0 Å². The Hall–Kier alpha value is -7.42. The summed E-state index contributed by atoms with van der Waals surface area (Å²) in [4.78, 5) is 2.39. The number of hydrogen-bond acceptors (Lipinski definition) is 1. The summed E-state index contributed by atoms with van der Waals surface area (Å²) >= 11 is 0. The van der Waals surface area contributed by atoms with Crippen molar-refractivity contribution >= 4 is 38.9 Å². The Morgan fingerprint density at radius 1 is 0.286 bits per heavy atom. The van der Waals surface area contributed by atoms with Gasteiger partial charge in [0, 0.05) is 33.5 Å². The molecule has 0 radical (unpaired) electrons. The number of rotatable bonds is 5. The number of anilines is 3. The van der Waals surface area contributed by atoms with E-state index in [-0.39, 0.29) is 0 Å². The van der Waals surface area contributed by atoms with Crippen LogP contribution in [0.5, 0.6) is 0 Å². The molecule has 12 rings (SSSR count). The van der Waals surface area contributed by atoms with Crippen LogP contribution < -0.4 is 4.90 Å². The van der Waals surface area contributed by atoms with Gasteiger partial charge in [-0.25, -0.2) is 0 Å². The van der Waals surface area contributed by atoms with Gasteiger partial charge in [0.25, 0.3) is 0 Å². The zero-order valence-corrected chi connectivity index (χ0v) is 30.5. The minimum atomic E-state index is 1.11. The fourth-order valence-corrected chi connectivity index (χ4v) is 9.47. The summed E-state index contributed by atoms with van der Waals surface area (Å²) in [6.07, 6.45) is 0. The molecule has 0 amide bonds. The highest BCUT2D eigenvalue weighted by Gasteiger charge is 2.31. The monoisotopic (exact) mass is 710 g/mol. The molecule has 0 unspecified atom stereocenters. The molecule has 2 heteroatoms. The fraction of sp³-hybridized carbons (Fsp3) is 0. The van der Waals surface area contributed by atoms with Crippen LogP contribution in [0.3, 0.4) is 0 Å². The molecule has 1 heterocycles. The second-order valence-electron chi connectivity index (χ2n) is 14.9. The molecule has 2 aliphatic rings. The maximum atomic E-state index is 2.42. The van der Waals surface area contributed by atoms with Gasteiger partial charge in [-0.1, -0.05) is 140 Å². The molecule has 0 aliphatic heterocycles. The van der Waals surface area contributed by atoms with Crippen molar-refractivity contribution in [1.82, 2.24) is 4.57 Å². The summed E-state index contributed by atoms with van der Waals surface area (Å²) < 4.78 is 2.37. The van der Waals surface area contributed by atoms with Crippen LogP contribution in [-0.4, -0.2) is 4.57 Å². The minimum absolute atomic E-state index is 1.11. The van der Waals surface area contributed by atoms with Crippen molar-refractivity contribution < 1.29 is 0 Å². The van der Waals surface area contributed by atoms with Crippen molar-refractivity contribution in [2.45, 2.75) is 0 Å². The third-order valence-electron chi connectivity index (χ3n) is 11.9. The second-order valence-corrected chi connectivity index (χ2v) is 14.9. The van der Waals surface area contributed by atoms with Crippen LogP contribution >= 0.6 is 0 Å². The van der Waals surface area contributed by atoms with Crippen LogP contribution in [-0.2, 0) is 0 Å². The predicted octanol–water partition coefficient (Wildman–Crippen LogP) is 14.9. The van der Waals surface area contributed by atoms with E-state index < -0.39 is 0 Å². The van der Waals surface area contributed by atoms with Crippen molar-refractivity contribution in [3.05, 3.63) is 206 Å². The minimum Gasteiger partial charge on any atom is -0.310 e. The molecule has 0 saturated heterocycles. The zero-order chi connectivity index (χ0) is 36.7. The average Bonchev–Trinajstić information content (AvgIpc) is 3.54. The Balaban J connectivity index is 0.997. The second kappa shape index (κ2) is 12.0. The first-order valence-electron chi connectivity index (χ1n) is 19.4. The molecule has 9 aromatic carbocycles. The Morgan fingerprint density at radius 2 is 0.804 bits per heavy atom. The molecule has 0 N–H and O–H groups in total. The molecule has 10 aromatic rings. The highest BCUT2D eigenvalue weighted by molar-refractivity contribution is 6.15. The molecule has 260 valence electrons. The first kappa shape index (κ1) is 31.0. The highest BCUT2D eigenvalue weighted by Crippen LogP contribution is 2.57. The van der Waals surface area contributed by atoms with Gasteiger partial charge in [-0.05, 0) is 133 Å². The largest absolute Gasteiger partial charge is 0.310 e. The molecule has 1 aromatic heterocycles. The topological polar surface area (TPSA) is 8.17 Å². The lowest BCUT2D eigenvalue weighted by atomic mass is 9.83. The third-order valence-corrected chi connectivity index (χ3v) is 11.9. The van der Waals surface area contributed by atoms with Gasteiger partial charge >= 0.3 is 0 Å². The maximum absolute atomic E-state index is 2.42. The van der Waals surface area contributed by atoms with Gasteiger partial charge in [0.1, 0.15) is 0 Å². The van der Waals surface area contributed by atoms with Crippen LogP contribution in [0.4, 0.5) is 17.1 Å². The quantitative estimate of drug-likeness (QED) is 0.173. The van der Waals surface area contributed by atoms with Gasteiger partial charge in [-0.3, -0.25) is 0 Å². The van der Waals surface area contributed by atoms with E-state index in [1.807, 2.05) is 0 Å². The summed E-state index contributed by atoms with van der Waals surface area (Å²) in [5.41, 5.74) is 22.3. The van der Waals surface area contributed by atoms with Gasteiger partial charge in [-0.15, -0.1) is 0 Å². The lowest BCUT2D eigenvalue weighted by Crippen LogP contribution is -2.10. The molecule has 2 nitrogen and oxygen atoms in total. The summed E-state index contributed by atoms with van der Waals surface area (Å²) in [6.45, 7) is 0. The maximum Gasteiger partial charge on any atom is 0.0541 e. The Kier molecular flexibility index (Phi) is 6.66. The van der Waals surface area contributed by atoms with Gasteiger partial charge in [0.15, 0.2) is 0 Å². The van der Waals surface area contributed by atoms with E-state index in [2.05, 4.69) is 216 Å². The highest BCUT2D eigenvalue weighted by atomic mass is 15.1. The summed E-state index contributed by atoms with van der Waals surface area (Å²) in [6, 6.07) is 75.7. The van der Waals surface area contributed by atoms with Crippen LogP contribution in [0, 0.1) is 0 Å². The molecular weight excluding hydrogens is 677 g/mol. The number of hydrogen-bond donors (Lipinski definition) is 0. The van der Waals surface area contributed by atoms with E-state index in [1.165, 1.54) is 94.3 Å². The Morgan fingerprint density at radius 3 is 1.55 bits per heavy atom. The number of para-hydroxylation sites is 3. The number of nitrogens with zero attached hydrogens (tertiary/aromatic N) is 2. The molecular formula is C54H34N2. The molecule has 0 saturated carbocycles. The molecule has 2 aliphatic carbocycles. The van der Waals surface area contributed by atoms with Crippen molar-refractivity contribution in [3.8, 4) is 72.4 Å². The van der Waals surface area contributed by atoms with Gasteiger partial charge < -0.3 is 9.47 Å². The van der Waals surface area contributed by atoms with Crippen molar-refractivity contribution in [1.29, 1.82) is 0 Å². The SMILES string of the molecule is c1ccc(N(c2ccc(-c3ccc4c(c3)c3ccccc3n4-c3ccccc3)cc2)c2ccc3c(c2)-c2c4cccc2-c2cccc-3c2-c2ccccc2-4)cc1. The van der Waals surface area contributed by atoms with Crippen LogP contribution in [0.15, 0.2) is 206 Å². The molecule has 0 fully saturated rings. The lowest BCUT2D eigenvalue weighted by Gasteiger charge is -2.28. The first-order chi connectivity index (χ1) is 27.8. The predicted molar refractivity (Wildman–Crippen MR) is 235 cm³/mol. The summed E-state index contributed by atoms with van der Waals surface area (Å²) in [5, 5.41) is 2.51. The van der Waals surface area contributed by atoms with Gasteiger partial charge in [-0.2, -0.15) is 0 Å². The smallest absolute Gasteiger partial charge is 0.0541 e. The van der Waals surface area contributed by atoms with Crippen LogP contribution in [0.1, 0.15) is 0 Å². The number of aromatic nitrogens is 1. The van der Waals surface area contributed by atoms with Gasteiger partial charge in [0.2, 0.25) is 0 Å². The van der Waals surface area contributed by atoms with E-state index in [0.29, 0.717) is 0 Å². The van der Waals surface area contributed by atoms with Crippen molar-refractivity contribution in [2.24, 2.45) is 0 Å². The van der Waals surface area contributed by atoms with Crippen LogP contribution in [0.25, 0.3) is 94.3 Å². The average molecular weight is 711 g/mol. The number of fused-ring (bicyclic) bond motifs is 7. The van der Waals surface area contributed by atoms with Crippen molar-refractivity contribution in [2.75, 3.05) is 4.90 Å². The summed E-state index contributed by atoms with van der Waals surface area (Å²) in [7, 11) is 0. The molecule has 56 heavy (non-hydrogen) atoms. The zero-order valence-electron chi connectivity index (χ0n) is 30.5. The van der Waals surface area contributed by atoms with E-state index >= 15 is 0 Å². The number of benzene rings is 9. The fourth-order valence-electron chi connectivity index (χ4n) is 9.47. The molecule has 0 spiro atoms. The Labute approximate surface area is 325 Å². The normalized spacial score (nSPS) is 11.9. The van der Waals surface area contributed by atoms with E-state index in [0.717, 1.165) is 17.1 Å². The lowest BCUT2D eigenvalue weighted by molar-refractivity contribution is 1.18. The Bertz CT molecular complexity index is 3150. The molecule has 6 bridgehead atoms. The molecule has 0 atom stereocenters. The van der Waals surface area contributed by atoms with E-state index in [1.54, 1.807) is 0 Å². The van der Waals surface area contributed by atoms with E-state index in [4.69, 9.17) is 0 Å². The summed E-state index contributed by atoms with van der Waals surface area (Å²) in [5.74, 6) is 0. The standard InChI is InChI=1S/C54H34N2/c1-3-13-37(14-4-1)55(39-28-25-35(26-29-39)36-27-32-52-49(33-36)43-18-9-10-24-51(43)56(52)38-15-5-2-6-16-38)40-30-31-42-46-21-12-22-47-48-23-11-20-45(54(48)50(42)34-40)41-17-7-8-19-44(41)53(46)47/h1-34H. The van der Waals surface area contributed by atoms with E-state index in [9.17, 15) is 0 Å². The van der Waals surface area contributed by atoms with Crippen molar-refractivity contribution in [3.63, 3.8) is 0 Å². The third kappa shape index (κ3) is 4.50. The van der Waals surface area contributed by atoms with Gasteiger partial charge in [0.05, 0.1) is 11.0 Å².